The summed E-state index contributed by atoms with van der Waals surface area (Å²) in [5, 5.41) is 2.06. The van der Waals surface area contributed by atoms with Gasteiger partial charge in [-0.1, -0.05) is 0 Å². The van der Waals surface area contributed by atoms with E-state index in [1.54, 1.807) is 22.7 Å². The van der Waals surface area contributed by atoms with Crippen LogP contribution >= 0.6 is 22.7 Å². The predicted octanol–water partition coefficient (Wildman–Crippen LogP) is 4.45. The number of thiophene rings is 2. The van der Waals surface area contributed by atoms with Crippen LogP contribution in [0.15, 0.2) is 17.5 Å². The van der Waals surface area contributed by atoms with Gasteiger partial charge < -0.3 is 4.98 Å². The van der Waals surface area contributed by atoms with E-state index in [0.717, 1.165) is 21.8 Å². The summed E-state index contributed by atoms with van der Waals surface area (Å²) in [5.74, 6) is 0.108. The van der Waals surface area contributed by atoms with Crippen molar-refractivity contribution in [3.63, 3.8) is 0 Å². The SMILES string of the molecule is Cc1[nH]c(C(=O)c2cc3sccc3s2)c(C)c1C. The molecule has 3 heterocycles. The van der Waals surface area contributed by atoms with Gasteiger partial charge in [-0.05, 0) is 49.4 Å². The van der Waals surface area contributed by atoms with E-state index in [0.29, 0.717) is 0 Å². The summed E-state index contributed by atoms with van der Waals surface area (Å²) < 4.78 is 2.39. The molecule has 92 valence electrons. The number of hydrogen-bond donors (Lipinski definition) is 1. The van der Waals surface area contributed by atoms with Crippen molar-refractivity contribution in [2.45, 2.75) is 20.8 Å². The lowest BCUT2D eigenvalue weighted by Gasteiger charge is -1.96. The van der Waals surface area contributed by atoms with Gasteiger partial charge in [0.05, 0.1) is 10.6 Å². The molecule has 18 heavy (non-hydrogen) atoms. The fraction of sp³-hybridized carbons (Fsp3) is 0.214. The second kappa shape index (κ2) is 4.07. The third-order valence-corrected chi connectivity index (χ3v) is 5.49. The molecule has 0 bridgehead atoms. The monoisotopic (exact) mass is 275 g/mol. The summed E-state index contributed by atoms with van der Waals surface area (Å²) in [6, 6.07) is 4.07. The summed E-state index contributed by atoms with van der Waals surface area (Å²) >= 11 is 3.25. The molecule has 0 radical (unpaired) electrons. The topological polar surface area (TPSA) is 32.9 Å². The highest BCUT2D eigenvalue weighted by Gasteiger charge is 2.19. The van der Waals surface area contributed by atoms with Crippen molar-refractivity contribution >= 4 is 37.9 Å². The first-order valence-corrected chi connectivity index (χ1v) is 7.45. The molecule has 3 aromatic rings. The summed E-state index contributed by atoms with van der Waals surface area (Å²) in [6.45, 7) is 6.05. The smallest absolute Gasteiger partial charge is 0.219 e. The quantitative estimate of drug-likeness (QED) is 0.689. The lowest BCUT2D eigenvalue weighted by Crippen LogP contribution is -2.01. The summed E-state index contributed by atoms with van der Waals surface area (Å²) in [5.41, 5.74) is 4.05. The molecule has 0 aliphatic rings. The van der Waals surface area contributed by atoms with Crippen LogP contribution in [0, 0.1) is 20.8 Å². The first kappa shape index (κ1) is 11.7. The van der Waals surface area contributed by atoms with Crippen LogP contribution in [-0.4, -0.2) is 10.8 Å². The van der Waals surface area contributed by atoms with E-state index in [-0.39, 0.29) is 5.78 Å². The zero-order chi connectivity index (χ0) is 12.9. The zero-order valence-corrected chi connectivity index (χ0v) is 12.1. The van der Waals surface area contributed by atoms with E-state index in [1.807, 2.05) is 26.8 Å². The first-order valence-electron chi connectivity index (χ1n) is 5.75. The number of carbonyl (C=O) groups is 1. The van der Waals surface area contributed by atoms with Gasteiger partial charge >= 0.3 is 0 Å². The normalized spacial score (nSPS) is 11.3. The number of fused-ring (bicyclic) bond motifs is 1. The number of aryl methyl sites for hydroxylation is 1. The molecule has 0 spiro atoms. The van der Waals surface area contributed by atoms with Gasteiger partial charge in [-0.25, -0.2) is 0 Å². The molecule has 4 heteroatoms. The van der Waals surface area contributed by atoms with E-state index in [9.17, 15) is 4.79 Å². The molecule has 0 unspecified atom stereocenters. The molecule has 2 nitrogen and oxygen atoms in total. The fourth-order valence-corrected chi connectivity index (χ4v) is 4.13. The maximum Gasteiger partial charge on any atom is 0.219 e. The van der Waals surface area contributed by atoms with Crippen LogP contribution in [0.25, 0.3) is 9.40 Å². The van der Waals surface area contributed by atoms with E-state index < -0.39 is 0 Å². The average Bonchev–Trinajstić information content (AvgIpc) is 2.98. The largest absolute Gasteiger partial charge is 0.355 e. The van der Waals surface area contributed by atoms with Crippen LogP contribution in [0.3, 0.4) is 0 Å². The number of H-pyrrole nitrogens is 1. The molecule has 0 fully saturated rings. The van der Waals surface area contributed by atoms with Gasteiger partial charge in [0.15, 0.2) is 0 Å². The molecule has 0 saturated heterocycles. The third-order valence-electron chi connectivity index (χ3n) is 3.40. The molecule has 0 amide bonds. The summed E-state index contributed by atoms with van der Waals surface area (Å²) in [7, 11) is 0. The Balaban J connectivity index is 2.09. The number of hydrogen-bond acceptors (Lipinski definition) is 3. The van der Waals surface area contributed by atoms with Crippen LogP contribution in [0.2, 0.25) is 0 Å². The van der Waals surface area contributed by atoms with Crippen LogP contribution in [0.4, 0.5) is 0 Å². The first-order chi connectivity index (χ1) is 8.58. The Morgan fingerprint density at radius 2 is 1.94 bits per heavy atom. The van der Waals surface area contributed by atoms with E-state index >= 15 is 0 Å². The second-order valence-electron chi connectivity index (χ2n) is 4.46. The minimum absolute atomic E-state index is 0.108. The van der Waals surface area contributed by atoms with Crippen molar-refractivity contribution in [3.8, 4) is 0 Å². The Kier molecular flexibility index (Phi) is 2.64. The molecule has 3 rings (SSSR count). The van der Waals surface area contributed by atoms with Crippen molar-refractivity contribution in [3.05, 3.63) is 44.9 Å². The third kappa shape index (κ3) is 1.64. The van der Waals surface area contributed by atoms with Crippen molar-refractivity contribution in [2.75, 3.05) is 0 Å². The van der Waals surface area contributed by atoms with Crippen molar-refractivity contribution in [1.82, 2.24) is 4.98 Å². The number of ketones is 1. The summed E-state index contributed by atoms with van der Waals surface area (Å²) in [4.78, 5) is 16.5. The molecule has 0 aliphatic heterocycles. The van der Waals surface area contributed by atoms with Crippen LogP contribution < -0.4 is 0 Å². The maximum absolute atomic E-state index is 12.5. The second-order valence-corrected chi connectivity index (χ2v) is 6.50. The zero-order valence-electron chi connectivity index (χ0n) is 10.5. The number of nitrogens with one attached hydrogen (secondary N) is 1. The molecule has 0 saturated carbocycles. The van der Waals surface area contributed by atoms with Gasteiger partial charge in [-0.15, -0.1) is 22.7 Å². The molecule has 0 atom stereocenters. The lowest BCUT2D eigenvalue weighted by atomic mass is 10.1. The molecular weight excluding hydrogens is 262 g/mol. The van der Waals surface area contributed by atoms with Gasteiger partial charge in [0.2, 0.25) is 5.78 Å². The fourth-order valence-electron chi connectivity index (χ4n) is 2.07. The van der Waals surface area contributed by atoms with Crippen LogP contribution in [0.5, 0.6) is 0 Å². The predicted molar refractivity (Wildman–Crippen MR) is 78.1 cm³/mol. The average molecular weight is 275 g/mol. The standard InChI is InChI=1S/C14H13NOS2/c1-7-8(2)13(15-9(7)3)14(16)12-6-11-10(18-12)4-5-17-11/h4-6,15H,1-3H3. The minimum atomic E-state index is 0.108. The minimum Gasteiger partial charge on any atom is -0.355 e. The highest BCUT2D eigenvalue weighted by Crippen LogP contribution is 2.32. The highest BCUT2D eigenvalue weighted by atomic mass is 32.1. The van der Waals surface area contributed by atoms with Crippen molar-refractivity contribution in [1.29, 1.82) is 0 Å². The highest BCUT2D eigenvalue weighted by molar-refractivity contribution is 7.28. The number of aromatic amines is 1. The lowest BCUT2D eigenvalue weighted by molar-refractivity contribution is 0.103. The van der Waals surface area contributed by atoms with E-state index in [2.05, 4.69) is 16.4 Å². The van der Waals surface area contributed by atoms with E-state index in [1.165, 1.54) is 15.0 Å². The number of rotatable bonds is 2. The molecule has 0 aliphatic carbocycles. The number of aromatic nitrogens is 1. The number of carbonyl (C=O) groups excluding carboxylic acids is 1. The van der Waals surface area contributed by atoms with Crippen LogP contribution in [0.1, 0.15) is 32.2 Å². The van der Waals surface area contributed by atoms with Crippen molar-refractivity contribution in [2.24, 2.45) is 0 Å². The Morgan fingerprint density at radius 3 is 2.56 bits per heavy atom. The Hall–Kier alpha value is -1.39. The van der Waals surface area contributed by atoms with Gasteiger partial charge in [0.25, 0.3) is 0 Å². The maximum atomic E-state index is 12.5. The Labute approximate surface area is 113 Å². The van der Waals surface area contributed by atoms with E-state index in [4.69, 9.17) is 0 Å². The van der Waals surface area contributed by atoms with Gasteiger partial charge in [0, 0.05) is 15.1 Å². The van der Waals surface area contributed by atoms with Gasteiger partial charge in [0.1, 0.15) is 0 Å². The molecule has 0 aromatic carbocycles. The Morgan fingerprint density at radius 1 is 1.17 bits per heavy atom. The van der Waals surface area contributed by atoms with Gasteiger partial charge in [-0.3, -0.25) is 4.79 Å². The van der Waals surface area contributed by atoms with Gasteiger partial charge in [-0.2, -0.15) is 0 Å². The molecule has 3 aromatic heterocycles. The molecule has 1 N–H and O–H groups in total. The Bertz CT molecular complexity index is 717. The summed E-state index contributed by atoms with van der Waals surface area (Å²) in [6.07, 6.45) is 0. The van der Waals surface area contributed by atoms with Crippen LogP contribution in [-0.2, 0) is 0 Å². The molecular formula is C14H13NOS2. The van der Waals surface area contributed by atoms with Crippen molar-refractivity contribution < 1.29 is 4.79 Å².